The Bertz CT molecular complexity index is 789. The highest BCUT2D eigenvalue weighted by atomic mass is 16.5. The molecule has 3 heteroatoms. The van der Waals surface area contributed by atoms with Crippen LogP contribution in [-0.4, -0.2) is 23.8 Å². The van der Waals surface area contributed by atoms with Gasteiger partial charge in [-0.3, -0.25) is 0 Å². The van der Waals surface area contributed by atoms with Gasteiger partial charge in [0.1, 0.15) is 5.75 Å². The van der Waals surface area contributed by atoms with Crippen molar-refractivity contribution in [3.63, 3.8) is 0 Å². The first-order chi connectivity index (χ1) is 11.2. The van der Waals surface area contributed by atoms with Crippen molar-refractivity contribution in [1.29, 1.82) is 0 Å². The van der Waals surface area contributed by atoms with Crippen molar-refractivity contribution >= 4 is 21.8 Å². The third kappa shape index (κ3) is 3.35. The summed E-state index contributed by atoms with van der Waals surface area (Å²) < 4.78 is 8.30. The molecular formula is C20H26N2O. The molecular weight excluding hydrogens is 284 g/mol. The summed E-state index contributed by atoms with van der Waals surface area (Å²) in [6.45, 7) is 9.23. The van der Waals surface area contributed by atoms with Crippen molar-refractivity contribution in [3.05, 3.63) is 42.5 Å². The third-order valence-corrected chi connectivity index (χ3v) is 4.20. The SMILES string of the molecule is CCn1c2ccccc2c2ccc(OCCCNC(C)C)cc21. The fraction of sp³-hybridized carbons (Fsp3) is 0.400. The average Bonchev–Trinajstić information content (AvgIpc) is 2.87. The standard InChI is InChI=1S/C20H26N2O/c1-4-22-19-9-6-5-8-17(19)18-11-10-16(14-20(18)22)23-13-7-12-21-15(2)3/h5-6,8-11,14-15,21H,4,7,12-13H2,1-3H3. The van der Waals surface area contributed by atoms with Crippen molar-refractivity contribution < 1.29 is 4.74 Å². The molecule has 0 fully saturated rings. The summed E-state index contributed by atoms with van der Waals surface area (Å²) in [7, 11) is 0. The van der Waals surface area contributed by atoms with Crippen LogP contribution in [0.1, 0.15) is 27.2 Å². The zero-order valence-electron chi connectivity index (χ0n) is 14.3. The Kier molecular flexibility index (Phi) is 4.87. The lowest BCUT2D eigenvalue weighted by Gasteiger charge is -2.10. The molecule has 0 saturated carbocycles. The van der Waals surface area contributed by atoms with E-state index in [4.69, 9.17) is 4.74 Å². The predicted octanol–water partition coefficient (Wildman–Crippen LogP) is 4.58. The smallest absolute Gasteiger partial charge is 0.121 e. The average molecular weight is 310 g/mol. The van der Waals surface area contributed by atoms with E-state index in [1.165, 1.54) is 21.8 Å². The predicted molar refractivity (Wildman–Crippen MR) is 98.4 cm³/mol. The normalized spacial score (nSPS) is 11.7. The molecule has 3 rings (SSSR count). The molecule has 122 valence electrons. The maximum absolute atomic E-state index is 5.94. The number of nitrogens with zero attached hydrogens (tertiary/aromatic N) is 1. The molecule has 0 atom stereocenters. The fourth-order valence-corrected chi connectivity index (χ4v) is 3.11. The summed E-state index contributed by atoms with van der Waals surface area (Å²) in [6, 6.07) is 15.6. The van der Waals surface area contributed by atoms with Gasteiger partial charge in [-0.05, 0) is 38.1 Å². The molecule has 3 aromatic rings. The largest absolute Gasteiger partial charge is 0.493 e. The Hall–Kier alpha value is -2.00. The first kappa shape index (κ1) is 15.9. The van der Waals surface area contributed by atoms with Crippen molar-refractivity contribution in [2.75, 3.05) is 13.2 Å². The van der Waals surface area contributed by atoms with E-state index in [-0.39, 0.29) is 0 Å². The lowest BCUT2D eigenvalue weighted by Crippen LogP contribution is -2.24. The first-order valence-corrected chi connectivity index (χ1v) is 8.58. The van der Waals surface area contributed by atoms with Crippen molar-refractivity contribution in [2.24, 2.45) is 0 Å². The number of hydrogen-bond donors (Lipinski definition) is 1. The van der Waals surface area contributed by atoms with Gasteiger partial charge < -0.3 is 14.6 Å². The number of rotatable bonds is 7. The second kappa shape index (κ2) is 7.05. The van der Waals surface area contributed by atoms with Gasteiger partial charge in [-0.2, -0.15) is 0 Å². The summed E-state index contributed by atoms with van der Waals surface area (Å²) in [5, 5.41) is 6.03. The van der Waals surface area contributed by atoms with Crippen LogP contribution in [0.25, 0.3) is 21.8 Å². The first-order valence-electron chi connectivity index (χ1n) is 8.58. The van der Waals surface area contributed by atoms with Gasteiger partial charge in [0.2, 0.25) is 0 Å². The summed E-state index contributed by atoms with van der Waals surface area (Å²) in [6.07, 6.45) is 1.02. The molecule has 2 aromatic carbocycles. The third-order valence-electron chi connectivity index (χ3n) is 4.20. The summed E-state index contributed by atoms with van der Waals surface area (Å²) in [5.74, 6) is 0.958. The number of nitrogens with one attached hydrogen (secondary N) is 1. The Morgan fingerprint density at radius 1 is 1.04 bits per heavy atom. The van der Waals surface area contributed by atoms with Crippen molar-refractivity contribution in [2.45, 2.75) is 39.8 Å². The highest BCUT2D eigenvalue weighted by molar-refractivity contribution is 6.08. The number of aromatic nitrogens is 1. The molecule has 0 saturated heterocycles. The number of hydrogen-bond acceptors (Lipinski definition) is 2. The van der Waals surface area contributed by atoms with Gasteiger partial charge in [-0.25, -0.2) is 0 Å². The highest BCUT2D eigenvalue weighted by Gasteiger charge is 2.09. The minimum absolute atomic E-state index is 0.534. The molecule has 23 heavy (non-hydrogen) atoms. The van der Waals surface area contributed by atoms with Crippen LogP contribution >= 0.6 is 0 Å². The van der Waals surface area contributed by atoms with E-state index in [1.807, 2.05) is 0 Å². The van der Waals surface area contributed by atoms with Gasteiger partial charge in [0.05, 0.1) is 12.1 Å². The Balaban J connectivity index is 1.80. The van der Waals surface area contributed by atoms with E-state index in [0.29, 0.717) is 6.04 Å². The highest BCUT2D eigenvalue weighted by Crippen LogP contribution is 2.31. The molecule has 0 aliphatic rings. The lowest BCUT2D eigenvalue weighted by atomic mass is 10.1. The van der Waals surface area contributed by atoms with Gasteiger partial charge in [0.15, 0.2) is 0 Å². The van der Waals surface area contributed by atoms with E-state index >= 15 is 0 Å². The number of para-hydroxylation sites is 1. The van der Waals surface area contributed by atoms with Crippen LogP contribution in [-0.2, 0) is 6.54 Å². The van der Waals surface area contributed by atoms with Crippen LogP contribution in [0.3, 0.4) is 0 Å². The van der Waals surface area contributed by atoms with Crippen LogP contribution in [0.4, 0.5) is 0 Å². The van der Waals surface area contributed by atoms with Crippen LogP contribution in [0.15, 0.2) is 42.5 Å². The zero-order valence-corrected chi connectivity index (χ0v) is 14.3. The molecule has 0 spiro atoms. The summed E-state index contributed by atoms with van der Waals surface area (Å²) in [4.78, 5) is 0. The van der Waals surface area contributed by atoms with Gasteiger partial charge in [-0.1, -0.05) is 32.0 Å². The maximum Gasteiger partial charge on any atom is 0.121 e. The van der Waals surface area contributed by atoms with E-state index in [9.17, 15) is 0 Å². The monoisotopic (exact) mass is 310 g/mol. The molecule has 0 unspecified atom stereocenters. The van der Waals surface area contributed by atoms with E-state index < -0.39 is 0 Å². The number of fused-ring (bicyclic) bond motifs is 3. The molecule has 0 bridgehead atoms. The van der Waals surface area contributed by atoms with E-state index in [0.717, 1.165) is 31.9 Å². The molecule has 0 amide bonds. The van der Waals surface area contributed by atoms with Crippen molar-refractivity contribution in [1.82, 2.24) is 9.88 Å². The van der Waals surface area contributed by atoms with Crippen molar-refractivity contribution in [3.8, 4) is 5.75 Å². The zero-order chi connectivity index (χ0) is 16.2. The van der Waals surface area contributed by atoms with Gasteiger partial charge in [0.25, 0.3) is 0 Å². The van der Waals surface area contributed by atoms with Gasteiger partial charge in [0, 0.05) is 34.9 Å². The topological polar surface area (TPSA) is 26.2 Å². The van der Waals surface area contributed by atoms with E-state index in [2.05, 4.69) is 73.1 Å². The maximum atomic E-state index is 5.94. The molecule has 1 aromatic heterocycles. The van der Waals surface area contributed by atoms with Crippen LogP contribution in [0.5, 0.6) is 5.75 Å². The summed E-state index contributed by atoms with van der Waals surface area (Å²) >= 11 is 0. The number of benzene rings is 2. The Morgan fingerprint density at radius 3 is 2.61 bits per heavy atom. The molecule has 1 N–H and O–H groups in total. The lowest BCUT2D eigenvalue weighted by molar-refractivity contribution is 0.306. The fourth-order valence-electron chi connectivity index (χ4n) is 3.11. The number of aryl methyl sites for hydroxylation is 1. The molecule has 1 heterocycles. The Morgan fingerprint density at radius 2 is 1.83 bits per heavy atom. The quantitative estimate of drug-likeness (QED) is 0.646. The van der Waals surface area contributed by atoms with Crippen LogP contribution in [0, 0.1) is 0 Å². The van der Waals surface area contributed by atoms with Crippen LogP contribution in [0.2, 0.25) is 0 Å². The number of ether oxygens (including phenoxy) is 1. The van der Waals surface area contributed by atoms with Gasteiger partial charge in [-0.15, -0.1) is 0 Å². The Labute approximate surface area is 138 Å². The second-order valence-electron chi connectivity index (χ2n) is 6.25. The molecule has 0 aliphatic carbocycles. The molecule has 0 aliphatic heterocycles. The molecule has 0 radical (unpaired) electrons. The van der Waals surface area contributed by atoms with Gasteiger partial charge >= 0.3 is 0 Å². The summed E-state index contributed by atoms with van der Waals surface area (Å²) in [5.41, 5.74) is 2.55. The van der Waals surface area contributed by atoms with Crippen LogP contribution < -0.4 is 10.1 Å². The minimum atomic E-state index is 0.534. The van der Waals surface area contributed by atoms with E-state index in [1.54, 1.807) is 0 Å². The molecule has 3 nitrogen and oxygen atoms in total. The second-order valence-corrected chi connectivity index (χ2v) is 6.25. The minimum Gasteiger partial charge on any atom is -0.493 e.